The Balaban J connectivity index is 1.51. The minimum atomic E-state index is -6.09. The number of rotatable bonds is 4. The van der Waals surface area contributed by atoms with Crippen molar-refractivity contribution in [1.29, 1.82) is 0 Å². The normalized spacial score (nSPS) is 15.2. The Hall–Kier alpha value is -4.68. The molecular formula is C31H14Cl2F6N2O4. The van der Waals surface area contributed by atoms with E-state index in [9.17, 15) is 45.5 Å². The van der Waals surface area contributed by atoms with Crippen LogP contribution in [0.2, 0.25) is 10.0 Å². The maximum Gasteiger partial charge on any atom is 0.411 e. The van der Waals surface area contributed by atoms with E-state index in [1.165, 1.54) is 48.5 Å². The fourth-order valence-electron chi connectivity index (χ4n) is 5.58. The summed E-state index contributed by atoms with van der Waals surface area (Å²) in [6, 6.07) is 13.7. The zero-order valence-corrected chi connectivity index (χ0v) is 23.6. The van der Waals surface area contributed by atoms with Crippen molar-refractivity contribution >= 4 is 58.2 Å². The van der Waals surface area contributed by atoms with Crippen LogP contribution >= 0.6 is 23.2 Å². The van der Waals surface area contributed by atoms with E-state index in [0.717, 1.165) is 12.1 Å². The molecule has 0 spiro atoms. The summed E-state index contributed by atoms with van der Waals surface area (Å²) in [4.78, 5) is 53.8. The van der Waals surface area contributed by atoms with Gasteiger partial charge in [-0.15, -0.1) is 0 Å². The van der Waals surface area contributed by atoms with Gasteiger partial charge >= 0.3 is 12.4 Å². The van der Waals surface area contributed by atoms with Crippen molar-refractivity contribution in [3.05, 3.63) is 128 Å². The number of imide groups is 2. The molecule has 2 heterocycles. The van der Waals surface area contributed by atoms with Crippen molar-refractivity contribution in [2.75, 3.05) is 9.80 Å². The molecule has 4 aromatic carbocycles. The summed E-state index contributed by atoms with van der Waals surface area (Å²) < 4.78 is 89.9. The van der Waals surface area contributed by atoms with Crippen LogP contribution in [0.4, 0.5) is 37.7 Å². The molecule has 4 amide bonds. The fraction of sp³-hybridized carbons (Fsp3) is 0.0968. The molecule has 0 saturated heterocycles. The van der Waals surface area contributed by atoms with Crippen LogP contribution in [0.25, 0.3) is 0 Å². The number of hydrogen-bond donors (Lipinski definition) is 0. The van der Waals surface area contributed by atoms with Crippen LogP contribution in [-0.2, 0) is 5.41 Å². The van der Waals surface area contributed by atoms with Crippen LogP contribution in [-0.4, -0.2) is 36.0 Å². The average molecular weight is 663 g/mol. The van der Waals surface area contributed by atoms with Crippen LogP contribution in [0.3, 0.4) is 0 Å². The van der Waals surface area contributed by atoms with Gasteiger partial charge in [-0.05, 0) is 83.9 Å². The Labute approximate surface area is 259 Å². The van der Waals surface area contributed by atoms with Crippen molar-refractivity contribution in [2.24, 2.45) is 0 Å². The summed E-state index contributed by atoms with van der Waals surface area (Å²) in [6.07, 6.45) is -12.2. The lowest BCUT2D eigenvalue weighted by Gasteiger charge is -2.38. The number of alkyl halides is 6. The smallest absolute Gasteiger partial charge is 0.268 e. The van der Waals surface area contributed by atoms with Crippen molar-refractivity contribution in [2.45, 2.75) is 17.8 Å². The summed E-state index contributed by atoms with van der Waals surface area (Å²) in [7, 11) is 0. The fourth-order valence-corrected chi connectivity index (χ4v) is 5.83. The standard InChI is InChI=1S/C31H14Cl2F6N2O4/c32-17-3-7-19(8-4-17)40-25(42)21-11-1-15(13-23(21)27(40)44)29(30(34,35)36,31(37,38)39)16-2-12-22-24(14-16)28(45)41(26(22)43)20-9-5-18(33)6-10-20/h1-14H. The van der Waals surface area contributed by atoms with Gasteiger partial charge in [0.15, 0.2) is 0 Å². The van der Waals surface area contributed by atoms with Crippen molar-refractivity contribution in [3.63, 3.8) is 0 Å². The predicted octanol–water partition coefficient (Wildman–Crippen LogP) is 8.01. The molecule has 0 bridgehead atoms. The van der Waals surface area contributed by atoms with Gasteiger partial charge in [0, 0.05) is 10.0 Å². The van der Waals surface area contributed by atoms with Gasteiger partial charge in [0.05, 0.1) is 33.6 Å². The summed E-state index contributed by atoms with van der Waals surface area (Å²) in [5.41, 5.74) is -9.83. The largest absolute Gasteiger partial charge is 0.411 e. The molecule has 45 heavy (non-hydrogen) atoms. The van der Waals surface area contributed by atoms with Gasteiger partial charge in [-0.3, -0.25) is 19.2 Å². The van der Waals surface area contributed by atoms with E-state index >= 15 is 0 Å². The number of hydrogen-bond acceptors (Lipinski definition) is 4. The van der Waals surface area contributed by atoms with Gasteiger partial charge < -0.3 is 0 Å². The molecule has 2 aliphatic heterocycles. The monoisotopic (exact) mass is 662 g/mol. The summed E-state index contributed by atoms with van der Waals surface area (Å²) in [5, 5.41) is 0.507. The Kier molecular flexibility index (Phi) is 6.86. The minimum Gasteiger partial charge on any atom is -0.268 e. The lowest BCUT2D eigenvalue weighted by atomic mass is 9.71. The molecule has 6 nitrogen and oxygen atoms in total. The van der Waals surface area contributed by atoms with Crippen LogP contribution in [0.15, 0.2) is 84.9 Å². The Morgan fingerprint density at radius 2 is 0.756 bits per heavy atom. The van der Waals surface area contributed by atoms with E-state index in [4.69, 9.17) is 23.2 Å². The van der Waals surface area contributed by atoms with Gasteiger partial charge in [-0.1, -0.05) is 35.3 Å². The van der Waals surface area contributed by atoms with E-state index in [2.05, 4.69) is 0 Å². The Morgan fingerprint density at radius 3 is 1.07 bits per heavy atom. The number of anilines is 2. The SMILES string of the molecule is O=C1c2ccc(C(c3ccc4c(c3)C(=O)N(c3ccc(Cl)cc3)C4=O)(C(F)(F)F)C(F)(F)F)cc2C(=O)N1c1ccc(Cl)cc1. The van der Waals surface area contributed by atoms with E-state index in [1.807, 2.05) is 0 Å². The second-order valence-corrected chi connectivity index (χ2v) is 11.0. The average Bonchev–Trinajstić information content (AvgIpc) is 3.36. The highest BCUT2D eigenvalue weighted by atomic mass is 35.5. The maximum atomic E-state index is 15.0. The highest BCUT2D eigenvalue weighted by Gasteiger charge is 2.73. The maximum absolute atomic E-state index is 15.0. The lowest BCUT2D eigenvalue weighted by Crippen LogP contribution is -2.55. The highest BCUT2D eigenvalue weighted by Crippen LogP contribution is 2.57. The molecule has 0 atom stereocenters. The second-order valence-electron chi connectivity index (χ2n) is 10.1. The van der Waals surface area contributed by atoms with Crippen LogP contribution in [0.1, 0.15) is 52.6 Å². The number of nitrogens with zero attached hydrogens (tertiary/aromatic N) is 2. The molecule has 0 aromatic heterocycles. The number of carbonyl (C=O) groups is 4. The molecule has 0 radical (unpaired) electrons. The third-order valence-electron chi connectivity index (χ3n) is 7.66. The first kappa shape index (κ1) is 30.4. The molecular weight excluding hydrogens is 649 g/mol. The lowest BCUT2D eigenvalue weighted by molar-refractivity contribution is -0.288. The molecule has 0 unspecified atom stereocenters. The second kappa shape index (κ2) is 10.2. The first-order chi connectivity index (χ1) is 21.1. The quantitative estimate of drug-likeness (QED) is 0.164. The van der Waals surface area contributed by atoms with Gasteiger partial charge in [-0.2, -0.15) is 26.3 Å². The zero-order valence-electron chi connectivity index (χ0n) is 22.1. The van der Waals surface area contributed by atoms with Crippen molar-refractivity contribution in [1.82, 2.24) is 0 Å². The van der Waals surface area contributed by atoms with Gasteiger partial charge in [0.2, 0.25) is 5.41 Å². The Bertz CT molecular complexity index is 1800. The first-order valence-electron chi connectivity index (χ1n) is 12.8. The van der Waals surface area contributed by atoms with E-state index in [-0.39, 0.29) is 21.4 Å². The molecule has 0 N–H and O–H groups in total. The summed E-state index contributed by atoms with van der Waals surface area (Å²) >= 11 is 11.7. The summed E-state index contributed by atoms with van der Waals surface area (Å²) in [5.74, 6) is -4.22. The third kappa shape index (κ3) is 4.42. The molecule has 6 rings (SSSR count). The van der Waals surface area contributed by atoms with Crippen LogP contribution in [0.5, 0.6) is 0 Å². The topological polar surface area (TPSA) is 74.8 Å². The highest BCUT2D eigenvalue weighted by molar-refractivity contribution is 6.36. The number of amides is 4. The van der Waals surface area contributed by atoms with Crippen LogP contribution in [0, 0.1) is 0 Å². The molecule has 0 saturated carbocycles. The van der Waals surface area contributed by atoms with E-state index in [0.29, 0.717) is 34.1 Å². The van der Waals surface area contributed by atoms with Crippen molar-refractivity contribution in [3.8, 4) is 0 Å². The number of benzene rings is 4. The summed E-state index contributed by atoms with van der Waals surface area (Å²) in [6.45, 7) is 0. The molecule has 2 aliphatic rings. The number of fused-ring (bicyclic) bond motifs is 2. The van der Waals surface area contributed by atoms with Gasteiger partial charge in [-0.25, -0.2) is 9.80 Å². The van der Waals surface area contributed by atoms with Crippen LogP contribution < -0.4 is 9.80 Å². The van der Waals surface area contributed by atoms with Gasteiger partial charge in [0.1, 0.15) is 0 Å². The zero-order chi connectivity index (χ0) is 32.6. The van der Waals surface area contributed by atoms with Gasteiger partial charge in [0.25, 0.3) is 23.6 Å². The van der Waals surface area contributed by atoms with E-state index < -0.39 is 74.8 Å². The molecule has 14 heteroatoms. The molecule has 4 aromatic rings. The van der Waals surface area contributed by atoms with Crippen molar-refractivity contribution < 1.29 is 45.5 Å². The minimum absolute atomic E-state index is 0.00269. The molecule has 228 valence electrons. The first-order valence-corrected chi connectivity index (χ1v) is 13.5. The number of carbonyl (C=O) groups excluding carboxylic acids is 4. The molecule has 0 aliphatic carbocycles. The number of halogens is 8. The molecule has 0 fully saturated rings. The Morgan fingerprint density at radius 1 is 0.444 bits per heavy atom. The predicted molar refractivity (Wildman–Crippen MR) is 151 cm³/mol. The third-order valence-corrected chi connectivity index (χ3v) is 8.16. The van der Waals surface area contributed by atoms with E-state index in [1.54, 1.807) is 0 Å².